The number of carbonyl (C=O) groups is 1. The highest BCUT2D eigenvalue weighted by Crippen LogP contribution is 2.11. The van der Waals surface area contributed by atoms with E-state index >= 15 is 0 Å². The largest absolute Gasteiger partial charge is 0.428 e. The molecule has 2 aromatic carbocycles. The molecule has 23 heavy (non-hydrogen) atoms. The Morgan fingerprint density at radius 1 is 1.09 bits per heavy atom. The summed E-state index contributed by atoms with van der Waals surface area (Å²) in [6.45, 7) is 2.50. The van der Waals surface area contributed by atoms with Crippen molar-refractivity contribution >= 4 is 17.1 Å². The van der Waals surface area contributed by atoms with E-state index in [9.17, 15) is 9.59 Å². The van der Waals surface area contributed by atoms with Crippen LogP contribution in [0.4, 0.5) is 4.79 Å². The van der Waals surface area contributed by atoms with Crippen LogP contribution in [0.5, 0.6) is 0 Å². The van der Waals surface area contributed by atoms with E-state index in [0.717, 1.165) is 23.0 Å². The minimum absolute atomic E-state index is 0.358. The van der Waals surface area contributed by atoms with Crippen molar-refractivity contribution in [3.63, 3.8) is 0 Å². The molecule has 3 aromatic rings. The van der Waals surface area contributed by atoms with Crippen LogP contribution < -0.4 is 11.1 Å². The van der Waals surface area contributed by atoms with E-state index in [1.54, 1.807) is 24.3 Å². The van der Waals surface area contributed by atoms with E-state index in [0.29, 0.717) is 17.6 Å². The van der Waals surface area contributed by atoms with Crippen molar-refractivity contribution in [2.75, 3.05) is 0 Å². The maximum absolute atomic E-state index is 12.3. The van der Waals surface area contributed by atoms with Crippen LogP contribution in [0.1, 0.15) is 24.5 Å². The molecule has 0 atom stereocenters. The maximum Gasteiger partial charge on any atom is 0.428 e. The van der Waals surface area contributed by atoms with Gasteiger partial charge < -0.3 is 9.73 Å². The SMILES string of the molecule is CCCc1ccc(CNC(=O)n2c(=O)oc3ccccc32)cc1. The van der Waals surface area contributed by atoms with Gasteiger partial charge in [-0.3, -0.25) is 0 Å². The van der Waals surface area contributed by atoms with Crippen molar-refractivity contribution in [3.05, 3.63) is 70.2 Å². The first-order valence-corrected chi connectivity index (χ1v) is 7.65. The topological polar surface area (TPSA) is 64.2 Å². The van der Waals surface area contributed by atoms with Crippen LogP contribution in [0.2, 0.25) is 0 Å². The average Bonchev–Trinajstić information content (AvgIpc) is 2.90. The summed E-state index contributed by atoms with van der Waals surface area (Å²) in [5.41, 5.74) is 3.13. The number of fused-ring (bicyclic) bond motifs is 1. The number of nitrogens with zero attached hydrogens (tertiary/aromatic N) is 1. The van der Waals surface area contributed by atoms with E-state index in [-0.39, 0.29) is 0 Å². The van der Waals surface area contributed by atoms with E-state index in [4.69, 9.17) is 4.42 Å². The molecule has 0 saturated carbocycles. The molecule has 1 amide bonds. The molecule has 5 heteroatoms. The van der Waals surface area contributed by atoms with Gasteiger partial charge in [-0.25, -0.2) is 9.59 Å². The third-order valence-corrected chi connectivity index (χ3v) is 3.69. The van der Waals surface area contributed by atoms with E-state index in [1.807, 2.05) is 12.1 Å². The summed E-state index contributed by atoms with van der Waals surface area (Å²) in [5, 5.41) is 2.75. The molecule has 1 N–H and O–H groups in total. The second kappa shape index (κ2) is 6.52. The number of oxazole rings is 1. The van der Waals surface area contributed by atoms with Crippen molar-refractivity contribution in [2.45, 2.75) is 26.3 Å². The Kier molecular flexibility index (Phi) is 4.28. The van der Waals surface area contributed by atoms with Crippen LogP contribution in [0.25, 0.3) is 11.1 Å². The number of amides is 1. The van der Waals surface area contributed by atoms with Crippen molar-refractivity contribution in [2.24, 2.45) is 0 Å². The number of hydrogen-bond acceptors (Lipinski definition) is 3. The monoisotopic (exact) mass is 310 g/mol. The van der Waals surface area contributed by atoms with Gasteiger partial charge in [-0.2, -0.15) is 4.57 Å². The van der Waals surface area contributed by atoms with Crippen molar-refractivity contribution in [3.8, 4) is 0 Å². The molecule has 0 bridgehead atoms. The number of nitrogens with one attached hydrogen (secondary N) is 1. The molecule has 0 unspecified atom stereocenters. The van der Waals surface area contributed by atoms with E-state index < -0.39 is 11.8 Å². The molecule has 0 fully saturated rings. The summed E-state index contributed by atoms with van der Waals surface area (Å²) in [5.74, 6) is -0.679. The third-order valence-electron chi connectivity index (χ3n) is 3.69. The highest BCUT2D eigenvalue weighted by molar-refractivity contribution is 5.87. The van der Waals surface area contributed by atoms with Gasteiger partial charge in [-0.15, -0.1) is 0 Å². The lowest BCUT2D eigenvalue weighted by Crippen LogP contribution is -2.33. The Morgan fingerprint density at radius 2 is 1.78 bits per heavy atom. The minimum atomic E-state index is -0.679. The number of carbonyl (C=O) groups excluding carboxylic acids is 1. The minimum Gasteiger partial charge on any atom is -0.407 e. The molecular formula is C18H18N2O3. The van der Waals surface area contributed by atoms with Crippen molar-refractivity contribution in [1.29, 1.82) is 0 Å². The zero-order chi connectivity index (χ0) is 16.2. The lowest BCUT2D eigenvalue weighted by atomic mass is 10.1. The molecule has 3 rings (SSSR count). The van der Waals surface area contributed by atoms with Crippen LogP contribution in [0.15, 0.2) is 57.7 Å². The molecular weight excluding hydrogens is 292 g/mol. The Labute approximate surface area is 133 Å². The quantitative estimate of drug-likeness (QED) is 0.804. The van der Waals surface area contributed by atoms with Gasteiger partial charge in [0.2, 0.25) is 0 Å². The summed E-state index contributed by atoms with van der Waals surface area (Å²) in [4.78, 5) is 24.1. The zero-order valence-electron chi connectivity index (χ0n) is 12.9. The second-order valence-electron chi connectivity index (χ2n) is 5.40. The van der Waals surface area contributed by atoms with Crippen molar-refractivity contribution < 1.29 is 9.21 Å². The molecule has 0 aliphatic heterocycles. The summed E-state index contributed by atoms with van der Waals surface area (Å²) in [6.07, 6.45) is 2.15. The van der Waals surface area contributed by atoms with Crippen molar-refractivity contribution in [1.82, 2.24) is 9.88 Å². The molecule has 5 nitrogen and oxygen atoms in total. The molecule has 1 heterocycles. The highest BCUT2D eigenvalue weighted by atomic mass is 16.4. The van der Waals surface area contributed by atoms with Gasteiger partial charge in [0.25, 0.3) is 0 Å². The highest BCUT2D eigenvalue weighted by Gasteiger charge is 2.15. The second-order valence-corrected chi connectivity index (χ2v) is 5.40. The van der Waals surface area contributed by atoms with Crippen LogP contribution in [-0.4, -0.2) is 10.6 Å². The van der Waals surface area contributed by atoms with Gasteiger partial charge in [0, 0.05) is 6.54 Å². The fourth-order valence-corrected chi connectivity index (χ4v) is 2.53. The van der Waals surface area contributed by atoms with Gasteiger partial charge >= 0.3 is 11.8 Å². The van der Waals surface area contributed by atoms with Crippen LogP contribution in [0.3, 0.4) is 0 Å². The Balaban J connectivity index is 1.74. The smallest absolute Gasteiger partial charge is 0.407 e. The summed E-state index contributed by atoms with van der Waals surface area (Å²) >= 11 is 0. The molecule has 0 aliphatic carbocycles. The number of benzene rings is 2. The molecule has 0 spiro atoms. The normalized spacial score (nSPS) is 10.8. The van der Waals surface area contributed by atoms with Crippen LogP contribution in [0, 0.1) is 0 Å². The van der Waals surface area contributed by atoms with E-state index in [2.05, 4.69) is 24.4 Å². The predicted molar refractivity (Wildman–Crippen MR) is 88.5 cm³/mol. The molecule has 1 aromatic heterocycles. The fourth-order valence-electron chi connectivity index (χ4n) is 2.53. The molecule has 0 radical (unpaired) electrons. The number of aryl methyl sites for hydroxylation is 1. The first-order chi connectivity index (χ1) is 11.2. The van der Waals surface area contributed by atoms with Gasteiger partial charge in [0.1, 0.15) is 0 Å². The Bertz CT molecular complexity index is 875. The number of hydrogen-bond donors (Lipinski definition) is 1. The number of aromatic nitrogens is 1. The van der Waals surface area contributed by atoms with Crippen LogP contribution >= 0.6 is 0 Å². The number of para-hydroxylation sites is 2. The summed E-state index contributed by atoms with van der Waals surface area (Å²) in [7, 11) is 0. The summed E-state index contributed by atoms with van der Waals surface area (Å²) in [6, 6.07) is 14.5. The number of rotatable bonds is 4. The fraction of sp³-hybridized carbons (Fsp3) is 0.222. The summed E-state index contributed by atoms with van der Waals surface area (Å²) < 4.78 is 6.08. The Morgan fingerprint density at radius 3 is 2.52 bits per heavy atom. The lowest BCUT2D eigenvalue weighted by molar-refractivity contribution is 0.241. The molecule has 0 aliphatic rings. The third kappa shape index (κ3) is 3.18. The van der Waals surface area contributed by atoms with Gasteiger partial charge in [-0.05, 0) is 29.7 Å². The van der Waals surface area contributed by atoms with Gasteiger partial charge in [0.05, 0.1) is 5.52 Å². The lowest BCUT2D eigenvalue weighted by Gasteiger charge is -2.06. The molecule has 118 valence electrons. The van der Waals surface area contributed by atoms with E-state index in [1.165, 1.54) is 5.56 Å². The standard InChI is InChI=1S/C18H18N2O3/c1-2-5-13-8-10-14(11-9-13)12-19-17(21)20-15-6-3-4-7-16(15)23-18(20)22/h3-4,6-11H,2,5,12H2,1H3,(H,19,21). The van der Waals surface area contributed by atoms with Gasteiger partial charge in [0.15, 0.2) is 5.58 Å². The van der Waals surface area contributed by atoms with Crippen LogP contribution in [-0.2, 0) is 13.0 Å². The predicted octanol–water partition coefficient (Wildman–Crippen LogP) is 3.30. The first kappa shape index (κ1) is 15.1. The Hall–Kier alpha value is -2.82. The van der Waals surface area contributed by atoms with Gasteiger partial charge in [-0.1, -0.05) is 49.7 Å². The average molecular weight is 310 g/mol. The zero-order valence-corrected chi connectivity index (χ0v) is 12.9. The molecule has 0 saturated heterocycles. The maximum atomic E-state index is 12.3. The first-order valence-electron chi connectivity index (χ1n) is 7.65.